The van der Waals surface area contributed by atoms with Crippen molar-refractivity contribution in [1.29, 1.82) is 0 Å². The molecule has 0 aliphatic carbocycles. The Kier molecular flexibility index (Phi) is 5.45. The fraction of sp³-hybridized carbons (Fsp3) is 0.294. The Morgan fingerprint density at radius 1 is 1.12 bits per heavy atom. The molecule has 1 aliphatic heterocycles. The van der Waals surface area contributed by atoms with E-state index in [1.54, 1.807) is 12.1 Å². The molecule has 0 amide bonds. The minimum atomic E-state index is -3.79. The van der Waals surface area contributed by atoms with Crippen molar-refractivity contribution in [3.05, 3.63) is 63.2 Å². The van der Waals surface area contributed by atoms with Gasteiger partial charge >= 0.3 is 0 Å². The molecule has 3 rings (SSSR count). The molecular weight excluding hydrogens is 378 g/mol. The number of nitro benzene ring substituents is 1. The molecule has 7 nitrogen and oxygen atoms in total. The molecule has 0 unspecified atom stereocenters. The normalized spacial score (nSPS) is 15.1. The highest BCUT2D eigenvalue weighted by Crippen LogP contribution is 2.31. The van der Waals surface area contributed by atoms with E-state index in [1.165, 1.54) is 16.4 Å². The number of benzene rings is 2. The van der Waals surface area contributed by atoms with E-state index in [4.69, 9.17) is 11.6 Å². The lowest BCUT2D eigenvalue weighted by Gasteiger charge is -2.19. The largest absolute Gasteiger partial charge is 0.380 e. The van der Waals surface area contributed by atoms with Crippen LogP contribution in [0, 0.1) is 10.1 Å². The molecule has 1 N–H and O–H groups in total. The highest BCUT2D eigenvalue weighted by atomic mass is 35.5. The summed E-state index contributed by atoms with van der Waals surface area (Å²) in [4.78, 5) is 10.4. The molecule has 0 spiro atoms. The number of nitro groups is 1. The number of anilines is 1. The topological polar surface area (TPSA) is 92.5 Å². The molecule has 1 heterocycles. The first-order valence-corrected chi connectivity index (χ1v) is 9.96. The van der Waals surface area contributed by atoms with Gasteiger partial charge in [-0.05, 0) is 36.6 Å². The molecule has 9 heteroatoms. The minimum Gasteiger partial charge on any atom is -0.380 e. The second-order valence-electron chi connectivity index (χ2n) is 6.03. The Balaban J connectivity index is 1.93. The summed E-state index contributed by atoms with van der Waals surface area (Å²) >= 11 is 5.86. The number of nitrogens with zero attached hydrogens (tertiary/aromatic N) is 2. The van der Waals surface area contributed by atoms with E-state index in [1.807, 2.05) is 12.1 Å². The van der Waals surface area contributed by atoms with E-state index in [9.17, 15) is 18.5 Å². The molecule has 2 aromatic carbocycles. The van der Waals surface area contributed by atoms with Crippen molar-refractivity contribution in [3.8, 4) is 0 Å². The van der Waals surface area contributed by atoms with Crippen LogP contribution in [0.4, 0.5) is 11.4 Å². The lowest BCUT2D eigenvalue weighted by atomic mass is 10.2. The van der Waals surface area contributed by atoms with Gasteiger partial charge in [0, 0.05) is 36.8 Å². The van der Waals surface area contributed by atoms with Gasteiger partial charge in [-0.2, -0.15) is 4.31 Å². The van der Waals surface area contributed by atoms with Crippen LogP contribution in [-0.2, 0) is 16.6 Å². The van der Waals surface area contributed by atoms with Crippen molar-refractivity contribution in [2.45, 2.75) is 24.3 Å². The first-order valence-electron chi connectivity index (χ1n) is 8.15. The SMILES string of the molecule is O=[N+]([O-])c1ccc(NCc2ccc(Cl)cc2)c(S(=O)(=O)N2CCCC2)c1. The lowest BCUT2D eigenvalue weighted by molar-refractivity contribution is -0.385. The summed E-state index contributed by atoms with van der Waals surface area (Å²) in [6.45, 7) is 1.24. The van der Waals surface area contributed by atoms with Crippen molar-refractivity contribution in [3.63, 3.8) is 0 Å². The zero-order valence-electron chi connectivity index (χ0n) is 13.9. The maximum absolute atomic E-state index is 12.9. The molecule has 1 saturated heterocycles. The number of sulfonamides is 1. The smallest absolute Gasteiger partial charge is 0.270 e. The van der Waals surface area contributed by atoms with E-state index in [0.717, 1.165) is 24.5 Å². The van der Waals surface area contributed by atoms with Crippen LogP contribution in [0.2, 0.25) is 5.02 Å². The average molecular weight is 396 g/mol. The molecule has 0 saturated carbocycles. The van der Waals surface area contributed by atoms with Gasteiger partial charge in [-0.15, -0.1) is 0 Å². The molecule has 0 radical (unpaired) electrons. The van der Waals surface area contributed by atoms with Crippen LogP contribution in [0.1, 0.15) is 18.4 Å². The lowest BCUT2D eigenvalue weighted by Crippen LogP contribution is -2.28. The summed E-state index contributed by atoms with van der Waals surface area (Å²) in [5.74, 6) is 0. The average Bonchev–Trinajstić information content (AvgIpc) is 3.16. The Hall–Kier alpha value is -2.16. The van der Waals surface area contributed by atoms with Crippen LogP contribution < -0.4 is 5.32 Å². The molecule has 1 aliphatic rings. The van der Waals surface area contributed by atoms with Gasteiger partial charge in [-0.3, -0.25) is 10.1 Å². The molecular formula is C17H18ClN3O4S. The maximum atomic E-state index is 12.9. The van der Waals surface area contributed by atoms with Gasteiger partial charge in [0.15, 0.2) is 0 Å². The van der Waals surface area contributed by atoms with E-state index >= 15 is 0 Å². The first kappa shape index (κ1) is 18.6. The molecule has 0 atom stereocenters. The van der Waals surface area contributed by atoms with Gasteiger partial charge in [0.1, 0.15) is 4.90 Å². The van der Waals surface area contributed by atoms with Crippen LogP contribution in [0.25, 0.3) is 0 Å². The summed E-state index contributed by atoms with van der Waals surface area (Å²) in [5, 5.41) is 14.8. The van der Waals surface area contributed by atoms with Gasteiger partial charge in [0.2, 0.25) is 10.0 Å². The number of hydrogen-bond acceptors (Lipinski definition) is 5. The minimum absolute atomic E-state index is 0.0671. The molecule has 138 valence electrons. The van der Waals surface area contributed by atoms with Gasteiger partial charge in [0.05, 0.1) is 10.6 Å². The summed E-state index contributed by atoms with van der Waals surface area (Å²) in [6, 6.07) is 11.0. The summed E-state index contributed by atoms with van der Waals surface area (Å²) in [6.07, 6.45) is 1.59. The van der Waals surface area contributed by atoms with E-state index < -0.39 is 14.9 Å². The van der Waals surface area contributed by atoms with Gasteiger partial charge in [-0.1, -0.05) is 23.7 Å². The van der Waals surface area contributed by atoms with Crippen LogP contribution in [0.15, 0.2) is 47.4 Å². The van der Waals surface area contributed by atoms with Crippen molar-refractivity contribution >= 4 is 33.0 Å². The standard InChI is InChI=1S/C17H18ClN3O4S/c18-14-5-3-13(4-6-14)12-19-16-8-7-15(21(22)23)11-17(16)26(24,25)20-9-1-2-10-20/h3-8,11,19H,1-2,9-10,12H2. The molecule has 0 bridgehead atoms. The monoisotopic (exact) mass is 395 g/mol. The van der Waals surface area contributed by atoms with Crippen LogP contribution in [0.5, 0.6) is 0 Å². The number of nitrogens with one attached hydrogen (secondary N) is 1. The Bertz CT molecular complexity index is 910. The first-order chi connectivity index (χ1) is 12.4. The summed E-state index contributed by atoms with van der Waals surface area (Å²) < 4.78 is 27.2. The highest BCUT2D eigenvalue weighted by Gasteiger charge is 2.30. The molecule has 26 heavy (non-hydrogen) atoms. The van der Waals surface area contributed by atoms with Crippen molar-refractivity contribution in [2.75, 3.05) is 18.4 Å². The van der Waals surface area contributed by atoms with E-state index in [-0.39, 0.29) is 10.6 Å². The third-order valence-electron chi connectivity index (χ3n) is 4.26. The molecule has 1 fully saturated rings. The van der Waals surface area contributed by atoms with Crippen LogP contribution in [0.3, 0.4) is 0 Å². The fourth-order valence-corrected chi connectivity index (χ4v) is 4.68. The quantitative estimate of drug-likeness (QED) is 0.595. The van der Waals surface area contributed by atoms with Gasteiger partial charge in [-0.25, -0.2) is 8.42 Å². The van der Waals surface area contributed by atoms with Crippen molar-refractivity contribution < 1.29 is 13.3 Å². The number of halogens is 1. The van der Waals surface area contributed by atoms with Gasteiger partial charge < -0.3 is 5.32 Å². The molecule has 0 aromatic heterocycles. The number of rotatable bonds is 6. The third-order valence-corrected chi connectivity index (χ3v) is 6.45. The Labute approximate surface area is 156 Å². The summed E-state index contributed by atoms with van der Waals surface area (Å²) in [5.41, 5.74) is 1.01. The Morgan fingerprint density at radius 2 is 1.77 bits per heavy atom. The van der Waals surface area contributed by atoms with Crippen LogP contribution in [-0.4, -0.2) is 30.7 Å². The predicted octanol–water partition coefficient (Wildman–Crippen LogP) is 3.64. The van der Waals surface area contributed by atoms with E-state index in [0.29, 0.717) is 30.3 Å². The fourth-order valence-electron chi connectivity index (χ4n) is 2.85. The van der Waals surface area contributed by atoms with Crippen molar-refractivity contribution in [2.24, 2.45) is 0 Å². The number of hydrogen-bond donors (Lipinski definition) is 1. The van der Waals surface area contributed by atoms with Gasteiger partial charge in [0.25, 0.3) is 5.69 Å². The third kappa shape index (κ3) is 3.98. The highest BCUT2D eigenvalue weighted by molar-refractivity contribution is 7.89. The Morgan fingerprint density at radius 3 is 2.38 bits per heavy atom. The summed E-state index contributed by atoms with van der Waals surface area (Å²) in [7, 11) is -3.79. The maximum Gasteiger partial charge on any atom is 0.270 e. The second kappa shape index (κ2) is 7.61. The zero-order chi connectivity index (χ0) is 18.7. The molecule has 2 aromatic rings. The zero-order valence-corrected chi connectivity index (χ0v) is 15.5. The van der Waals surface area contributed by atoms with E-state index in [2.05, 4.69) is 5.32 Å². The van der Waals surface area contributed by atoms with Crippen LogP contribution >= 0.6 is 11.6 Å². The van der Waals surface area contributed by atoms with Crippen molar-refractivity contribution in [1.82, 2.24) is 4.31 Å². The second-order valence-corrected chi connectivity index (χ2v) is 8.37. The predicted molar refractivity (Wildman–Crippen MR) is 99.9 cm³/mol. The number of non-ortho nitro benzene ring substituents is 1.